The summed E-state index contributed by atoms with van der Waals surface area (Å²) in [6, 6.07) is 8.66. The standard InChI is InChI=1S/C16H20N2O4S/c1-2-22-16(21)13(8-12-6-4-3-5-7-12)17-14(19)9-18-11-23-10-15(18)20/h3-7,13H,2,8-11H2,1H3,(H,17,19). The van der Waals surface area contributed by atoms with Gasteiger partial charge in [0.2, 0.25) is 11.8 Å². The summed E-state index contributed by atoms with van der Waals surface area (Å²) in [6.07, 6.45) is 0.355. The van der Waals surface area contributed by atoms with E-state index in [4.69, 9.17) is 4.74 Å². The van der Waals surface area contributed by atoms with Crippen LogP contribution in [0.3, 0.4) is 0 Å². The van der Waals surface area contributed by atoms with Gasteiger partial charge in [0, 0.05) is 6.42 Å². The number of nitrogens with zero attached hydrogens (tertiary/aromatic N) is 1. The number of carbonyl (C=O) groups excluding carboxylic acids is 3. The van der Waals surface area contributed by atoms with Crippen molar-refractivity contribution in [3.63, 3.8) is 0 Å². The molecule has 0 bridgehead atoms. The van der Waals surface area contributed by atoms with Gasteiger partial charge in [0.15, 0.2) is 0 Å². The maximum Gasteiger partial charge on any atom is 0.328 e. The molecule has 0 saturated carbocycles. The Balaban J connectivity index is 1.97. The number of carbonyl (C=O) groups is 3. The Bertz CT molecular complexity index is 564. The van der Waals surface area contributed by atoms with Gasteiger partial charge in [-0.1, -0.05) is 30.3 Å². The Kier molecular flexibility index (Phi) is 6.46. The van der Waals surface area contributed by atoms with Crippen molar-refractivity contribution in [3.8, 4) is 0 Å². The first-order valence-corrected chi connectivity index (χ1v) is 8.61. The second-order valence-corrected chi connectivity index (χ2v) is 6.09. The minimum atomic E-state index is -0.754. The number of ether oxygens (including phenoxy) is 1. The number of rotatable bonds is 7. The zero-order valence-electron chi connectivity index (χ0n) is 13.0. The third-order valence-corrected chi connectivity index (χ3v) is 4.29. The van der Waals surface area contributed by atoms with E-state index in [1.165, 1.54) is 16.7 Å². The summed E-state index contributed by atoms with van der Waals surface area (Å²) < 4.78 is 5.03. The average molecular weight is 336 g/mol. The molecule has 1 aromatic rings. The fourth-order valence-electron chi connectivity index (χ4n) is 2.24. The van der Waals surface area contributed by atoms with Gasteiger partial charge in [-0.05, 0) is 12.5 Å². The summed E-state index contributed by atoms with van der Waals surface area (Å²) in [5.74, 6) is 0.0377. The Hall–Kier alpha value is -2.02. The normalized spacial score (nSPS) is 15.3. The minimum Gasteiger partial charge on any atom is -0.464 e. The summed E-state index contributed by atoms with van der Waals surface area (Å²) in [6.45, 7) is 1.94. The molecule has 0 aromatic heterocycles. The number of nitrogens with one attached hydrogen (secondary N) is 1. The maximum absolute atomic E-state index is 12.1. The summed E-state index contributed by atoms with van der Waals surface area (Å²) >= 11 is 1.47. The summed E-state index contributed by atoms with van der Waals surface area (Å²) in [7, 11) is 0. The second kappa shape index (κ2) is 8.57. The third-order valence-electron chi connectivity index (χ3n) is 3.35. The minimum absolute atomic E-state index is 0.0312. The fraction of sp³-hybridized carbons (Fsp3) is 0.438. The first-order valence-electron chi connectivity index (χ1n) is 7.45. The second-order valence-electron chi connectivity index (χ2n) is 5.13. The molecule has 2 amide bonds. The van der Waals surface area contributed by atoms with Gasteiger partial charge in [0.05, 0.1) is 18.2 Å². The van der Waals surface area contributed by atoms with Crippen molar-refractivity contribution < 1.29 is 19.1 Å². The summed E-state index contributed by atoms with van der Waals surface area (Å²) in [5.41, 5.74) is 0.929. The molecule has 0 aliphatic carbocycles. The Morgan fingerprint density at radius 3 is 2.70 bits per heavy atom. The molecule has 6 nitrogen and oxygen atoms in total. The smallest absolute Gasteiger partial charge is 0.328 e. The highest BCUT2D eigenvalue weighted by Gasteiger charge is 2.26. The molecule has 1 atom stereocenters. The van der Waals surface area contributed by atoms with Gasteiger partial charge in [0.1, 0.15) is 12.6 Å². The molecule has 1 N–H and O–H groups in total. The van der Waals surface area contributed by atoms with Gasteiger partial charge in [-0.25, -0.2) is 4.79 Å². The molecule has 2 rings (SSSR count). The van der Waals surface area contributed by atoms with E-state index in [9.17, 15) is 14.4 Å². The molecule has 1 fully saturated rings. The predicted molar refractivity (Wildman–Crippen MR) is 87.7 cm³/mol. The van der Waals surface area contributed by atoms with Crippen LogP contribution in [0.25, 0.3) is 0 Å². The summed E-state index contributed by atoms with van der Waals surface area (Å²) in [4.78, 5) is 37.2. The lowest BCUT2D eigenvalue weighted by atomic mass is 10.1. The molecule has 7 heteroatoms. The van der Waals surface area contributed by atoms with Crippen molar-refractivity contribution in [2.45, 2.75) is 19.4 Å². The Labute approximate surface area is 139 Å². The average Bonchev–Trinajstić information content (AvgIpc) is 2.93. The third kappa shape index (κ3) is 5.28. The monoisotopic (exact) mass is 336 g/mol. The van der Waals surface area contributed by atoms with Crippen molar-refractivity contribution in [3.05, 3.63) is 35.9 Å². The molecule has 1 aliphatic heterocycles. The largest absolute Gasteiger partial charge is 0.464 e. The van der Waals surface area contributed by atoms with Crippen molar-refractivity contribution in [2.24, 2.45) is 0 Å². The van der Waals surface area contributed by atoms with Crippen molar-refractivity contribution in [2.75, 3.05) is 24.8 Å². The molecule has 1 aliphatic rings. The van der Waals surface area contributed by atoms with E-state index in [0.29, 0.717) is 18.1 Å². The first kappa shape index (κ1) is 17.3. The molecule has 1 saturated heterocycles. The molecular formula is C16H20N2O4S. The van der Waals surface area contributed by atoms with Crippen LogP contribution >= 0.6 is 11.8 Å². The quantitative estimate of drug-likeness (QED) is 0.746. The van der Waals surface area contributed by atoms with Gasteiger partial charge in [-0.2, -0.15) is 0 Å². The molecule has 0 spiro atoms. The topological polar surface area (TPSA) is 75.7 Å². The summed E-state index contributed by atoms with van der Waals surface area (Å²) in [5, 5.41) is 2.68. The molecule has 1 heterocycles. The van der Waals surface area contributed by atoms with Gasteiger partial charge in [-0.15, -0.1) is 11.8 Å². The van der Waals surface area contributed by atoms with Crippen LogP contribution in [0.2, 0.25) is 0 Å². The Morgan fingerprint density at radius 1 is 1.35 bits per heavy atom. The number of benzene rings is 1. The van der Waals surface area contributed by atoms with E-state index >= 15 is 0 Å². The highest BCUT2D eigenvalue weighted by Crippen LogP contribution is 2.14. The van der Waals surface area contributed by atoms with E-state index in [2.05, 4.69) is 5.32 Å². The van der Waals surface area contributed by atoms with Gasteiger partial charge in [0.25, 0.3) is 0 Å². The van der Waals surface area contributed by atoms with Crippen LogP contribution in [0.4, 0.5) is 0 Å². The van der Waals surface area contributed by atoms with Crippen LogP contribution < -0.4 is 5.32 Å². The molecule has 0 radical (unpaired) electrons. The van der Waals surface area contributed by atoms with E-state index < -0.39 is 12.0 Å². The van der Waals surface area contributed by atoms with Gasteiger partial charge in [-0.3, -0.25) is 9.59 Å². The zero-order valence-corrected chi connectivity index (χ0v) is 13.8. The van der Waals surface area contributed by atoms with Crippen LogP contribution in [0.1, 0.15) is 12.5 Å². The molecule has 23 heavy (non-hydrogen) atoms. The van der Waals surface area contributed by atoms with Gasteiger partial charge >= 0.3 is 5.97 Å². The molecule has 1 aromatic carbocycles. The Morgan fingerprint density at radius 2 is 2.09 bits per heavy atom. The number of hydrogen-bond acceptors (Lipinski definition) is 5. The lowest BCUT2D eigenvalue weighted by molar-refractivity contribution is -0.147. The van der Waals surface area contributed by atoms with E-state index in [0.717, 1.165) is 5.56 Å². The molecule has 1 unspecified atom stereocenters. The lowest BCUT2D eigenvalue weighted by Crippen LogP contribution is -2.47. The van der Waals surface area contributed by atoms with Crippen LogP contribution in [0, 0.1) is 0 Å². The fourth-order valence-corrected chi connectivity index (χ4v) is 3.14. The van der Waals surface area contributed by atoms with Crippen LogP contribution in [0.15, 0.2) is 30.3 Å². The number of esters is 1. The number of thioether (sulfide) groups is 1. The van der Waals surface area contributed by atoms with Crippen molar-refractivity contribution in [1.82, 2.24) is 10.2 Å². The highest BCUT2D eigenvalue weighted by molar-refractivity contribution is 8.00. The number of hydrogen-bond donors (Lipinski definition) is 1. The molecular weight excluding hydrogens is 316 g/mol. The predicted octanol–water partition coefficient (Wildman–Crippen LogP) is 0.810. The lowest BCUT2D eigenvalue weighted by Gasteiger charge is -2.20. The zero-order chi connectivity index (χ0) is 16.7. The van der Waals surface area contributed by atoms with Gasteiger partial charge < -0.3 is 15.0 Å². The van der Waals surface area contributed by atoms with Crippen LogP contribution in [-0.2, 0) is 25.5 Å². The van der Waals surface area contributed by atoms with Crippen LogP contribution in [-0.4, -0.2) is 53.5 Å². The highest BCUT2D eigenvalue weighted by atomic mass is 32.2. The molecule has 124 valence electrons. The number of amides is 2. The first-order chi connectivity index (χ1) is 11.1. The van der Waals surface area contributed by atoms with E-state index in [1.807, 2.05) is 30.3 Å². The maximum atomic E-state index is 12.1. The van der Waals surface area contributed by atoms with Crippen molar-refractivity contribution >= 4 is 29.5 Å². The van der Waals surface area contributed by atoms with E-state index in [1.54, 1.807) is 6.92 Å². The van der Waals surface area contributed by atoms with Crippen molar-refractivity contribution in [1.29, 1.82) is 0 Å². The van der Waals surface area contributed by atoms with E-state index in [-0.39, 0.29) is 25.0 Å². The van der Waals surface area contributed by atoms with Crippen LogP contribution in [0.5, 0.6) is 0 Å². The SMILES string of the molecule is CCOC(=O)C(Cc1ccccc1)NC(=O)CN1CSCC1=O.